The van der Waals surface area contributed by atoms with Crippen LogP contribution in [0.3, 0.4) is 0 Å². The van der Waals surface area contributed by atoms with Crippen LogP contribution < -0.4 is 15.2 Å². The van der Waals surface area contributed by atoms with Gasteiger partial charge in [-0.1, -0.05) is 0 Å². The summed E-state index contributed by atoms with van der Waals surface area (Å²) in [5.74, 6) is -0.407. The number of carbonyl (C=O) groups excluding carboxylic acids is 2. The summed E-state index contributed by atoms with van der Waals surface area (Å²) in [6.45, 7) is 4.89. The van der Waals surface area contributed by atoms with Gasteiger partial charge >= 0.3 is 5.97 Å². The Hall–Kier alpha value is -2.96. The molecule has 1 atom stereocenters. The minimum atomic E-state index is -0.787. The molecule has 1 heterocycles. The van der Waals surface area contributed by atoms with Gasteiger partial charge in [0.05, 0.1) is 26.7 Å². The molecule has 0 unspecified atom stereocenters. The molecule has 1 aromatic carbocycles. The first kappa shape index (κ1) is 19.4. The third-order valence-corrected chi connectivity index (χ3v) is 4.11. The van der Waals surface area contributed by atoms with Crippen molar-refractivity contribution in [2.75, 3.05) is 20.8 Å². The average molecular weight is 361 g/mol. The van der Waals surface area contributed by atoms with Crippen LogP contribution in [-0.4, -0.2) is 32.6 Å². The highest BCUT2D eigenvalue weighted by atomic mass is 16.5. The summed E-state index contributed by atoms with van der Waals surface area (Å²) in [5, 5.41) is 0. The minimum absolute atomic E-state index is 0.0641. The lowest BCUT2D eigenvalue weighted by molar-refractivity contribution is -0.139. The molecule has 26 heavy (non-hydrogen) atoms. The Bertz CT molecular complexity index is 793. The van der Waals surface area contributed by atoms with Crippen LogP contribution in [0.2, 0.25) is 0 Å². The van der Waals surface area contributed by atoms with Crippen molar-refractivity contribution in [1.82, 2.24) is 0 Å². The second-order valence-corrected chi connectivity index (χ2v) is 5.67. The van der Waals surface area contributed by atoms with E-state index in [0.29, 0.717) is 28.4 Å². The Morgan fingerprint density at radius 3 is 2.42 bits per heavy atom. The fourth-order valence-electron chi connectivity index (χ4n) is 3.02. The number of hydrogen-bond acceptors (Lipinski definition) is 7. The molecule has 1 aliphatic rings. The number of allylic oxidation sites excluding steroid dienone is 2. The first-order valence-electron chi connectivity index (χ1n) is 8.13. The molecular formula is C19H23NO6. The summed E-state index contributed by atoms with van der Waals surface area (Å²) >= 11 is 0. The zero-order chi connectivity index (χ0) is 19.4. The van der Waals surface area contributed by atoms with E-state index < -0.39 is 11.9 Å². The van der Waals surface area contributed by atoms with E-state index in [1.807, 2.05) is 0 Å². The molecule has 1 aliphatic heterocycles. The van der Waals surface area contributed by atoms with E-state index in [0.717, 1.165) is 0 Å². The number of benzene rings is 1. The van der Waals surface area contributed by atoms with Crippen LogP contribution >= 0.6 is 0 Å². The smallest absolute Gasteiger partial charge is 0.340 e. The number of nitrogens with two attached hydrogens (primary N) is 1. The van der Waals surface area contributed by atoms with E-state index in [1.54, 1.807) is 32.0 Å². The lowest BCUT2D eigenvalue weighted by atomic mass is 9.80. The Balaban J connectivity index is 2.77. The van der Waals surface area contributed by atoms with E-state index in [2.05, 4.69) is 0 Å². The van der Waals surface area contributed by atoms with Gasteiger partial charge in [0.25, 0.3) is 0 Å². The average Bonchev–Trinajstić information content (AvgIpc) is 2.60. The highest BCUT2D eigenvalue weighted by Gasteiger charge is 2.39. The maximum Gasteiger partial charge on any atom is 0.340 e. The maximum absolute atomic E-state index is 12.6. The second-order valence-electron chi connectivity index (χ2n) is 5.67. The van der Waals surface area contributed by atoms with E-state index in [1.165, 1.54) is 21.1 Å². The third-order valence-electron chi connectivity index (χ3n) is 4.11. The van der Waals surface area contributed by atoms with Crippen molar-refractivity contribution in [3.63, 3.8) is 0 Å². The van der Waals surface area contributed by atoms with E-state index >= 15 is 0 Å². The van der Waals surface area contributed by atoms with Crippen LogP contribution in [-0.2, 0) is 19.1 Å². The zero-order valence-electron chi connectivity index (χ0n) is 15.5. The Morgan fingerprint density at radius 2 is 1.88 bits per heavy atom. The van der Waals surface area contributed by atoms with Crippen molar-refractivity contribution < 1.29 is 28.5 Å². The van der Waals surface area contributed by atoms with Crippen LogP contribution in [0.15, 0.2) is 41.0 Å². The molecule has 0 spiro atoms. The predicted octanol–water partition coefficient (Wildman–Crippen LogP) is 2.41. The van der Waals surface area contributed by atoms with Gasteiger partial charge in [0.2, 0.25) is 5.88 Å². The van der Waals surface area contributed by atoms with E-state index in [4.69, 9.17) is 24.7 Å². The van der Waals surface area contributed by atoms with Crippen LogP contribution in [0.4, 0.5) is 0 Å². The summed E-state index contributed by atoms with van der Waals surface area (Å²) in [7, 11) is 3.03. The molecule has 0 saturated carbocycles. The first-order valence-corrected chi connectivity index (χ1v) is 8.13. The number of ether oxygens (including phenoxy) is 4. The van der Waals surface area contributed by atoms with Crippen molar-refractivity contribution in [1.29, 1.82) is 0 Å². The Morgan fingerprint density at radius 1 is 1.19 bits per heavy atom. The summed E-state index contributed by atoms with van der Waals surface area (Å²) in [4.78, 5) is 24.9. The zero-order valence-corrected chi connectivity index (χ0v) is 15.5. The number of carbonyl (C=O) groups is 2. The predicted molar refractivity (Wildman–Crippen MR) is 94.6 cm³/mol. The largest absolute Gasteiger partial charge is 0.497 e. The fourth-order valence-corrected chi connectivity index (χ4v) is 3.02. The molecule has 2 N–H and O–H groups in total. The number of ketones is 1. The number of methoxy groups -OCH3 is 2. The minimum Gasteiger partial charge on any atom is -0.497 e. The topological polar surface area (TPSA) is 97.1 Å². The quantitative estimate of drug-likeness (QED) is 0.777. The molecule has 140 valence electrons. The maximum atomic E-state index is 12.6. The molecular weight excluding hydrogens is 338 g/mol. The van der Waals surface area contributed by atoms with Gasteiger partial charge in [-0.05, 0) is 39.0 Å². The lowest BCUT2D eigenvalue weighted by Gasteiger charge is -2.29. The van der Waals surface area contributed by atoms with Gasteiger partial charge in [-0.3, -0.25) is 4.79 Å². The SMILES string of the molecule is CCOC(=O)C1=C(N)OC(C)=C(C(C)=O)[C@@H]1c1cc(OC)ccc1OC. The second kappa shape index (κ2) is 7.95. The van der Waals surface area contributed by atoms with Crippen LogP contribution in [0.1, 0.15) is 32.3 Å². The monoisotopic (exact) mass is 361 g/mol. The van der Waals surface area contributed by atoms with Crippen molar-refractivity contribution in [3.05, 3.63) is 46.6 Å². The van der Waals surface area contributed by atoms with Gasteiger partial charge in [0, 0.05) is 11.1 Å². The van der Waals surface area contributed by atoms with Gasteiger partial charge < -0.3 is 24.7 Å². The fraction of sp³-hybridized carbons (Fsp3) is 0.368. The van der Waals surface area contributed by atoms with Crippen LogP contribution in [0.5, 0.6) is 11.5 Å². The van der Waals surface area contributed by atoms with Gasteiger partial charge in [-0.15, -0.1) is 0 Å². The van der Waals surface area contributed by atoms with Gasteiger partial charge in [0.1, 0.15) is 22.8 Å². The van der Waals surface area contributed by atoms with Crippen molar-refractivity contribution in [3.8, 4) is 11.5 Å². The van der Waals surface area contributed by atoms with Crippen molar-refractivity contribution in [2.24, 2.45) is 5.73 Å². The Kier molecular flexibility index (Phi) is 5.92. The molecule has 7 heteroatoms. The molecule has 0 fully saturated rings. The summed E-state index contributed by atoms with van der Waals surface area (Å²) in [5.41, 5.74) is 6.93. The van der Waals surface area contributed by atoms with Gasteiger partial charge in [-0.25, -0.2) is 4.79 Å². The summed E-state index contributed by atoms with van der Waals surface area (Å²) in [6.07, 6.45) is 0. The molecule has 1 aromatic rings. The Labute approximate surface area is 152 Å². The molecule has 2 rings (SSSR count). The molecule has 0 bridgehead atoms. The highest BCUT2D eigenvalue weighted by Crippen LogP contribution is 2.44. The normalized spacial score (nSPS) is 16.9. The van der Waals surface area contributed by atoms with Crippen LogP contribution in [0, 0.1) is 0 Å². The van der Waals surface area contributed by atoms with E-state index in [-0.39, 0.29) is 23.8 Å². The number of esters is 1. The number of Topliss-reactive ketones (excluding diaryl/α,β-unsaturated/α-hetero) is 1. The standard InChI is InChI=1S/C19H23NO6/c1-6-25-19(22)17-16(15(10(2)21)11(3)26-18(17)20)13-9-12(23-4)7-8-14(13)24-5/h7-9,16H,6,20H2,1-5H3/t16-/m0/s1. The molecule has 7 nitrogen and oxygen atoms in total. The van der Waals surface area contributed by atoms with Crippen molar-refractivity contribution >= 4 is 11.8 Å². The van der Waals surface area contributed by atoms with Crippen molar-refractivity contribution in [2.45, 2.75) is 26.7 Å². The van der Waals surface area contributed by atoms with E-state index in [9.17, 15) is 9.59 Å². The molecule has 0 aromatic heterocycles. The summed E-state index contributed by atoms with van der Waals surface area (Å²) in [6, 6.07) is 5.13. The number of rotatable bonds is 6. The molecule has 0 aliphatic carbocycles. The van der Waals surface area contributed by atoms with Crippen LogP contribution in [0.25, 0.3) is 0 Å². The third kappa shape index (κ3) is 3.51. The van der Waals surface area contributed by atoms with Gasteiger partial charge in [0.15, 0.2) is 5.78 Å². The first-order chi connectivity index (χ1) is 12.3. The molecule has 0 radical (unpaired) electrons. The lowest BCUT2D eigenvalue weighted by Crippen LogP contribution is -2.29. The van der Waals surface area contributed by atoms with Gasteiger partial charge in [-0.2, -0.15) is 0 Å². The highest BCUT2D eigenvalue weighted by molar-refractivity contribution is 6.01. The molecule has 0 amide bonds. The molecule has 0 saturated heterocycles. The summed E-state index contributed by atoms with van der Waals surface area (Å²) < 4.78 is 21.3. The number of hydrogen-bond donors (Lipinski definition) is 1.